The summed E-state index contributed by atoms with van der Waals surface area (Å²) in [6, 6.07) is 11.0. The Balaban J connectivity index is 1.62. The Morgan fingerprint density at radius 2 is 2.08 bits per heavy atom. The Labute approximate surface area is 151 Å². The van der Waals surface area contributed by atoms with Gasteiger partial charge in [-0.1, -0.05) is 30.7 Å². The highest BCUT2D eigenvalue weighted by Crippen LogP contribution is 2.32. The minimum Gasteiger partial charge on any atom is -0.467 e. The fourth-order valence-electron chi connectivity index (χ4n) is 2.75. The van der Waals surface area contributed by atoms with Crippen molar-refractivity contribution in [3.05, 3.63) is 58.1 Å². The van der Waals surface area contributed by atoms with Crippen LogP contribution >= 0.6 is 11.6 Å². The summed E-state index contributed by atoms with van der Waals surface area (Å²) < 4.78 is 16.2. The van der Waals surface area contributed by atoms with Gasteiger partial charge in [-0.2, -0.15) is 0 Å². The third kappa shape index (κ3) is 4.44. The smallest absolute Gasteiger partial charge is 0.309 e. The number of hydrogen-bond donors (Lipinski definition) is 1. The Bertz CT molecular complexity index is 761. The Hall–Kier alpha value is -2.24. The maximum atomic E-state index is 12.3. The van der Waals surface area contributed by atoms with Crippen molar-refractivity contribution >= 4 is 23.3 Å². The summed E-state index contributed by atoms with van der Waals surface area (Å²) in [5.41, 5.74) is 9.03. The van der Waals surface area contributed by atoms with E-state index in [1.807, 2.05) is 31.2 Å². The lowest BCUT2D eigenvalue weighted by Gasteiger charge is -2.21. The summed E-state index contributed by atoms with van der Waals surface area (Å²) >= 11 is 6.12. The van der Waals surface area contributed by atoms with Crippen LogP contribution in [0.2, 0.25) is 5.02 Å². The zero-order valence-corrected chi connectivity index (χ0v) is 14.7. The van der Waals surface area contributed by atoms with Gasteiger partial charge in [0.1, 0.15) is 12.4 Å². The minimum absolute atomic E-state index is 0.119. The average Bonchev–Trinajstić information content (AvgIpc) is 2.61. The van der Waals surface area contributed by atoms with Crippen LogP contribution in [0.5, 0.6) is 5.75 Å². The first-order valence-electron chi connectivity index (χ1n) is 8.06. The van der Waals surface area contributed by atoms with Crippen molar-refractivity contribution in [3.63, 3.8) is 0 Å². The molecule has 0 unspecified atom stereocenters. The highest BCUT2D eigenvalue weighted by molar-refractivity contribution is 6.30. The van der Waals surface area contributed by atoms with Crippen LogP contribution in [0, 0.1) is 5.92 Å². The molecule has 0 radical (unpaired) electrons. The van der Waals surface area contributed by atoms with Crippen LogP contribution in [0.3, 0.4) is 0 Å². The van der Waals surface area contributed by atoms with Gasteiger partial charge in [0.25, 0.3) is 0 Å². The molecule has 2 aromatic rings. The summed E-state index contributed by atoms with van der Waals surface area (Å²) in [5.74, 6) is 0.162. The summed E-state index contributed by atoms with van der Waals surface area (Å²) in [5, 5.41) is 0.564. The van der Waals surface area contributed by atoms with Gasteiger partial charge in [-0.25, -0.2) is 0 Å². The molecule has 0 spiro atoms. The number of carbonyl (C=O) groups is 1. The molecule has 0 aromatic heterocycles. The van der Waals surface area contributed by atoms with Gasteiger partial charge in [-0.3, -0.25) is 4.79 Å². The number of fused-ring (bicyclic) bond motifs is 1. The Kier molecular flexibility index (Phi) is 5.46. The number of nitrogens with two attached hydrogens (primary N) is 1. The van der Waals surface area contributed by atoms with Crippen LogP contribution in [-0.4, -0.2) is 12.8 Å². The molecule has 132 valence electrons. The summed E-state index contributed by atoms with van der Waals surface area (Å²) in [4.78, 5) is 12.3. The third-order valence-corrected chi connectivity index (χ3v) is 4.26. The second-order valence-electron chi connectivity index (χ2n) is 6.12. The van der Waals surface area contributed by atoms with Crippen LogP contribution < -0.4 is 10.5 Å². The lowest BCUT2D eigenvalue weighted by atomic mass is 10.0. The summed E-state index contributed by atoms with van der Waals surface area (Å²) in [6.07, 6.45) is 0.594. The van der Waals surface area contributed by atoms with Crippen molar-refractivity contribution in [2.75, 3.05) is 12.5 Å². The molecule has 1 aliphatic heterocycles. The molecule has 1 aliphatic rings. The third-order valence-electron chi connectivity index (χ3n) is 4.05. The molecule has 1 atom stereocenters. The molecule has 0 aliphatic carbocycles. The quantitative estimate of drug-likeness (QED) is 0.649. The first kappa shape index (κ1) is 17.6. The van der Waals surface area contributed by atoms with E-state index in [1.54, 1.807) is 12.1 Å². The van der Waals surface area contributed by atoms with Crippen LogP contribution in [0.1, 0.15) is 23.6 Å². The predicted molar refractivity (Wildman–Crippen MR) is 95.3 cm³/mol. The molecule has 2 N–H and O–H groups in total. The maximum absolute atomic E-state index is 12.3. The van der Waals surface area contributed by atoms with E-state index < -0.39 is 0 Å². The zero-order valence-electron chi connectivity index (χ0n) is 14.0. The number of benzene rings is 2. The lowest BCUT2D eigenvalue weighted by molar-refractivity contribution is -0.149. The number of ether oxygens (including phenoxy) is 3. The van der Waals surface area contributed by atoms with Crippen LogP contribution in [0.4, 0.5) is 5.69 Å². The van der Waals surface area contributed by atoms with E-state index in [1.165, 1.54) is 0 Å². The van der Waals surface area contributed by atoms with E-state index in [-0.39, 0.29) is 25.3 Å². The van der Waals surface area contributed by atoms with Crippen molar-refractivity contribution < 1.29 is 19.0 Å². The second kappa shape index (κ2) is 7.76. The number of hydrogen-bond acceptors (Lipinski definition) is 5. The van der Waals surface area contributed by atoms with Gasteiger partial charge in [0.15, 0.2) is 6.79 Å². The summed E-state index contributed by atoms with van der Waals surface area (Å²) in [6.45, 7) is 2.58. The molecule has 2 aromatic carbocycles. The number of carbonyl (C=O) groups excluding carboxylic acids is 1. The Morgan fingerprint density at radius 1 is 1.32 bits per heavy atom. The van der Waals surface area contributed by atoms with Crippen molar-refractivity contribution in [1.82, 2.24) is 0 Å². The molecule has 5 nitrogen and oxygen atoms in total. The molecule has 0 bridgehead atoms. The van der Waals surface area contributed by atoms with E-state index in [2.05, 4.69) is 0 Å². The predicted octanol–water partition coefficient (Wildman–Crippen LogP) is 3.71. The van der Waals surface area contributed by atoms with Gasteiger partial charge in [0.05, 0.1) is 12.5 Å². The van der Waals surface area contributed by atoms with Crippen LogP contribution in [0.25, 0.3) is 0 Å². The van der Waals surface area contributed by atoms with Gasteiger partial charge in [0.2, 0.25) is 0 Å². The first-order valence-corrected chi connectivity index (χ1v) is 8.43. The Morgan fingerprint density at radius 3 is 2.84 bits per heavy atom. The van der Waals surface area contributed by atoms with Crippen molar-refractivity contribution in [2.45, 2.75) is 26.6 Å². The molecule has 0 saturated heterocycles. The van der Waals surface area contributed by atoms with Gasteiger partial charge in [-0.15, -0.1) is 0 Å². The normalized spacial score (nSPS) is 14.3. The van der Waals surface area contributed by atoms with E-state index in [4.69, 9.17) is 31.5 Å². The maximum Gasteiger partial charge on any atom is 0.309 e. The number of halogens is 1. The van der Waals surface area contributed by atoms with E-state index in [0.717, 1.165) is 16.7 Å². The van der Waals surface area contributed by atoms with Gasteiger partial charge < -0.3 is 19.9 Å². The molecular formula is C19H20ClNO4. The molecule has 0 fully saturated rings. The topological polar surface area (TPSA) is 70.8 Å². The monoisotopic (exact) mass is 361 g/mol. The zero-order chi connectivity index (χ0) is 17.8. The van der Waals surface area contributed by atoms with Crippen molar-refractivity contribution in [3.8, 4) is 5.75 Å². The van der Waals surface area contributed by atoms with E-state index in [0.29, 0.717) is 29.5 Å². The van der Waals surface area contributed by atoms with E-state index >= 15 is 0 Å². The molecule has 6 heteroatoms. The van der Waals surface area contributed by atoms with Crippen LogP contribution in [0.15, 0.2) is 36.4 Å². The van der Waals surface area contributed by atoms with Gasteiger partial charge in [0, 0.05) is 21.8 Å². The average molecular weight is 362 g/mol. The van der Waals surface area contributed by atoms with Crippen molar-refractivity contribution in [1.29, 1.82) is 0 Å². The molecule has 3 rings (SSSR count). The van der Waals surface area contributed by atoms with E-state index in [9.17, 15) is 4.79 Å². The molecule has 0 saturated carbocycles. The number of anilines is 1. The lowest BCUT2D eigenvalue weighted by Crippen LogP contribution is -2.18. The van der Waals surface area contributed by atoms with Gasteiger partial charge >= 0.3 is 5.97 Å². The summed E-state index contributed by atoms with van der Waals surface area (Å²) in [7, 11) is 0. The largest absolute Gasteiger partial charge is 0.467 e. The fourth-order valence-corrected chi connectivity index (χ4v) is 3.01. The van der Waals surface area contributed by atoms with Crippen LogP contribution in [-0.2, 0) is 33.9 Å². The van der Waals surface area contributed by atoms with Crippen molar-refractivity contribution in [2.24, 2.45) is 5.92 Å². The highest BCUT2D eigenvalue weighted by atomic mass is 35.5. The number of nitrogen functional groups attached to an aromatic ring is 1. The first-order chi connectivity index (χ1) is 12.0. The SMILES string of the molecule is C[C@H](Cc1ccc(N)cc1)C(=O)OCc1cc(Cl)cc2c1OCOC2. The molecular weight excluding hydrogens is 342 g/mol. The van der Waals surface area contributed by atoms with Gasteiger partial charge in [-0.05, 0) is 36.2 Å². The second-order valence-corrected chi connectivity index (χ2v) is 6.55. The molecule has 0 amide bonds. The number of esters is 1. The minimum atomic E-state index is -0.266. The standard InChI is InChI=1S/C19H20ClNO4/c1-12(6-13-2-4-17(21)5-3-13)19(22)24-10-15-8-16(20)7-14-9-23-11-25-18(14)15/h2-5,7-8,12H,6,9-11,21H2,1H3/t12-/m1/s1. The molecule has 25 heavy (non-hydrogen) atoms. The highest BCUT2D eigenvalue weighted by Gasteiger charge is 2.20. The molecule has 1 heterocycles. The fraction of sp³-hybridized carbons (Fsp3) is 0.316. The number of rotatable bonds is 5.